The molecule has 1 aromatic carbocycles. The smallest absolute Gasteiger partial charge is 0.0994 e. The van der Waals surface area contributed by atoms with Gasteiger partial charge in [0.1, 0.15) is 0 Å². The summed E-state index contributed by atoms with van der Waals surface area (Å²) in [6.07, 6.45) is 1.04. The first kappa shape index (κ1) is 10.8. The maximum atomic E-state index is 9.01. The van der Waals surface area contributed by atoms with Gasteiger partial charge in [-0.3, -0.25) is 0 Å². The number of rotatable bonds is 2. The first-order valence-corrected chi connectivity index (χ1v) is 5.14. The van der Waals surface area contributed by atoms with Crippen molar-refractivity contribution in [1.82, 2.24) is 0 Å². The van der Waals surface area contributed by atoms with Crippen molar-refractivity contribution in [3.63, 3.8) is 0 Å². The van der Waals surface area contributed by atoms with Crippen molar-refractivity contribution in [2.24, 2.45) is 0 Å². The van der Waals surface area contributed by atoms with E-state index in [0.717, 1.165) is 12.0 Å². The van der Waals surface area contributed by atoms with Gasteiger partial charge in [-0.05, 0) is 42.0 Å². The van der Waals surface area contributed by atoms with Crippen LogP contribution in [0.25, 0.3) is 0 Å². The van der Waals surface area contributed by atoms with Gasteiger partial charge in [-0.2, -0.15) is 5.26 Å². The Morgan fingerprint density at radius 3 is 2.43 bits per heavy atom. The van der Waals surface area contributed by atoms with Crippen molar-refractivity contribution >= 4 is 0 Å². The monoisotopic (exact) mass is 187 g/mol. The summed E-state index contributed by atoms with van der Waals surface area (Å²) in [7, 11) is 0. The van der Waals surface area contributed by atoms with Gasteiger partial charge < -0.3 is 0 Å². The highest BCUT2D eigenvalue weighted by atomic mass is 14.3. The Bertz CT molecular complexity index is 370. The Labute approximate surface area is 86.4 Å². The van der Waals surface area contributed by atoms with E-state index < -0.39 is 0 Å². The topological polar surface area (TPSA) is 23.8 Å². The predicted molar refractivity (Wildman–Crippen MR) is 59.4 cm³/mol. The lowest BCUT2D eigenvalue weighted by molar-refractivity contribution is 0.845. The van der Waals surface area contributed by atoms with Crippen molar-refractivity contribution in [3.8, 4) is 6.07 Å². The molecule has 74 valence electrons. The summed E-state index contributed by atoms with van der Waals surface area (Å²) >= 11 is 0. The molecule has 0 radical (unpaired) electrons. The third kappa shape index (κ3) is 1.80. The molecule has 0 fully saturated rings. The molecule has 0 aromatic heterocycles. The molecule has 14 heavy (non-hydrogen) atoms. The van der Waals surface area contributed by atoms with Crippen LogP contribution < -0.4 is 0 Å². The summed E-state index contributed by atoms with van der Waals surface area (Å²) in [5.74, 6) is 0.427. The van der Waals surface area contributed by atoms with Gasteiger partial charge in [-0.15, -0.1) is 0 Å². The lowest BCUT2D eigenvalue weighted by atomic mass is 9.89. The minimum Gasteiger partial charge on any atom is -0.192 e. The maximum absolute atomic E-state index is 9.01. The Balaban J connectivity index is 3.41. The van der Waals surface area contributed by atoms with E-state index in [1.807, 2.05) is 6.07 Å². The van der Waals surface area contributed by atoms with Crippen molar-refractivity contribution in [2.75, 3.05) is 0 Å². The first-order chi connectivity index (χ1) is 6.61. The van der Waals surface area contributed by atoms with E-state index in [4.69, 9.17) is 5.26 Å². The van der Waals surface area contributed by atoms with Crippen LogP contribution in [0.15, 0.2) is 12.1 Å². The fourth-order valence-electron chi connectivity index (χ4n) is 2.00. The normalized spacial score (nSPS) is 10.3. The van der Waals surface area contributed by atoms with Crippen LogP contribution in [0.5, 0.6) is 0 Å². The van der Waals surface area contributed by atoms with E-state index in [9.17, 15) is 0 Å². The zero-order valence-electron chi connectivity index (χ0n) is 9.39. The third-order valence-electron chi connectivity index (χ3n) is 2.71. The van der Waals surface area contributed by atoms with Gasteiger partial charge >= 0.3 is 0 Å². The predicted octanol–water partition coefficient (Wildman–Crippen LogP) is 3.55. The largest absolute Gasteiger partial charge is 0.192 e. The molecular weight excluding hydrogens is 170 g/mol. The molecule has 0 unspecified atom stereocenters. The number of nitrogens with zero attached hydrogens (tertiary/aromatic N) is 1. The summed E-state index contributed by atoms with van der Waals surface area (Å²) < 4.78 is 0. The Hall–Kier alpha value is -1.29. The van der Waals surface area contributed by atoms with E-state index in [1.165, 1.54) is 16.7 Å². The second-order valence-electron chi connectivity index (χ2n) is 3.93. The molecule has 0 spiro atoms. The van der Waals surface area contributed by atoms with Crippen LogP contribution in [0.3, 0.4) is 0 Å². The number of hydrogen-bond donors (Lipinski definition) is 0. The second-order valence-corrected chi connectivity index (χ2v) is 3.93. The van der Waals surface area contributed by atoms with Gasteiger partial charge in [0.25, 0.3) is 0 Å². The highest BCUT2D eigenvalue weighted by Crippen LogP contribution is 2.25. The molecule has 0 aliphatic rings. The van der Waals surface area contributed by atoms with E-state index in [-0.39, 0.29) is 0 Å². The lowest BCUT2D eigenvalue weighted by Gasteiger charge is -2.14. The van der Waals surface area contributed by atoms with Crippen LogP contribution in [-0.4, -0.2) is 0 Å². The molecule has 1 heteroatoms. The Morgan fingerprint density at radius 2 is 2.00 bits per heavy atom. The van der Waals surface area contributed by atoms with Gasteiger partial charge in [-0.1, -0.05) is 26.8 Å². The fraction of sp³-hybridized carbons (Fsp3) is 0.462. The molecule has 0 heterocycles. The van der Waals surface area contributed by atoms with Gasteiger partial charge in [0, 0.05) is 0 Å². The molecule has 1 nitrogen and oxygen atoms in total. The van der Waals surface area contributed by atoms with Crippen molar-refractivity contribution in [3.05, 3.63) is 34.4 Å². The molecule has 0 saturated heterocycles. The van der Waals surface area contributed by atoms with Gasteiger partial charge in [-0.25, -0.2) is 0 Å². The average molecular weight is 187 g/mol. The zero-order valence-corrected chi connectivity index (χ0v) is 9.39. The van der Waals surface area contributed by atoms with Crippen LogP contribution in [0.2, 0.25) is 0 Å². The SMILES string of the molecule is CCc1ccc(C#N)c(C(C)C)c1C. The van der Waals surface area contributed by atoms with Crippen LogP contribution in [0.4, 0.5) is 0 Å². The molecule has 1 aromatic rings. The van der Waals surface area contributed by atoms with Crippen molar-refractivity contribution in [2.45, 2.75) is 40.0 Å². The van der Waals surface area contributed by atoms with Crippen molar-refractivity contribution in [1.29, 1.82) is 5.26 Å². The minimum absolute atomic E-state index is 0.427. The van der Waals surface area contributed by atoms with Gasteiger partial charge in [0.2, 0.25) is 0 Å². The van der Waals surface area contributed by atoms with Gasteiger partial charge in [0.05, 0.1) is 11.6 Å². The average Bonchev–Trinajstić information content (AvgIpc) is 2.16. The number of nitriles is 1. The molecule has 0 saturated carbocycles. The number of aryl methyl sites for hydroxylation is 1. The van der Waals surface area contributed by atoms with Crippen LogP contribution in [0, 0.1) is 18.3 Å². The summed E-state index contributed by atoms with van der Waals surface area (Å²) in [5, 5.41) is 9.01. The molecule has 1 rings (SSSR count). The van der Waals surface area contributed by atoms with E-state index in [1.54, 1.807) is 0 Å². The Morgan fingerprint density at radius 1 is 1.36 bits per heavy atom. The summed E-state index contributed by atoms with van der Waals surface area (Å²) in [5.41, 5.74) is 4.69. The second kappa shape index (κ2) is 4.28. The maximum Gasteiger partial charge on any atom is 0.0994 e. The standard InChI is InChI=1S/C13H17N/c1-5-11-6-7-12(8-14)13(9(2)3)10(11)4/h6-7,9H,5H2,1-4H3. The molecule has 0 aliphatic carbocycles. The highest BCUT2D eigenvalue weighted by Gasteiger charge is 2.11. The van der Waals surface area contributed by atoms with Crippen molar-refractivity contribution < 1.29 is 0 Å². The van der Waals surface area contributed by atoms with Gasteiger partial charge in [0.15, 0.2) is 0 Å². The quantitative estimate of drug-likeness (QED) is 0.694. The highest BCUT2D eigenvalue weighted by molar-refractivity contribution is 5.47. The molecule has 0 atom stereocenters. The summed E-state index contributed by atoms with van der Waals surface area (Å²) in [4.78, 5) is 0. The molecule has 0 bridgehead atoms. The first-order valence-electron chi connectivity index (χ1n) is 5.14. The van der Waals surface area contributed by atoms with E-state index >= 15 is 0 Å². The molecule has 0 amide bonds. The number of benzene rings is 1. The number of hydrogen-bond acceptors (Lipinski definition) is 1. The van der Waals surface area contributed by atoms with E-state index in [0.29, 0.717) is 5.92 Å². The van der Waals surface area contributed by atoms with Crippen LogP contribution >= 0.6 is 0 Å². The van der Waals surface area contributed by atoms with Crippen LogP contribution in [-0.2, 0) is 6.42 Å². The lowest BCUT2D eigenvalue weighted by Crippen LogP contribution is -2.00. The molecule has 0 aliphatic heterocycles. The Kier molecular flexibility index (Phi) is 3.30. The third-order valence-corrected chi connectivity index (χ3v) is 2.71. The summed E-state index contributed by atoms with van der Waals surface area (Å²) in [6.45, 7) is 8.55. The fourth-order valence-corrected chi connectivity index (χ4v) is 2.00. The van der Waals surface area contributed by atoms with E-state index in [2.05, 4.69) is 39.8 Å². The molecular formula is C13H17N. The zero-order chi connectivity index (χ0) is 10.7. The molecule has 0 N–H and O–H groups in total. The summed E-state index contributed by atoms with van der Waals surface area (Å²) in [6, 6.07) is 6.28. The van der Waals surface area contributed by atoms with Crippen LogP contribution in [0.1, 0.15) is 48.9 Å². The minimum atomic E-state index is 0.427.